The molecule has 28 heavy (non-hydrogen) atoms. The Morgan fingerprint density at radius 3 is 2.68 bits per heavy atom. The molecule has 2 aliphatic rings. The standard InChI is InChI=1S/C20H25N3O5/c1-13-8-6-7-11-20(13)18(26)23(19(27)22-20)12-16(24)28-14(2)17(25)21-15-9-4-3-5-10-15/h3-5,9-10,13-14H,6-8,11-12H2,1-2H3,(H,21,25)(H,22,27)/t13-,14+,20-/m1/s1. The fourth-order valence-corrected chi connectivity index (χ4v) is 3.82. The minimum atomic E-state index is -1.06. The molecule has 1 saturated heterocycles. The first-order valence-corrected chi connectivity index (χ1v) is 9.53. The Morgan fingerprint density at radius 2 is 2.00 bits per heavy atom. The van der Waals surface area contributed by atoms with Crippen molar-refractivity contribution in [1.82, 2.24) is 10.2 Å². The molecule has 0 aromatic heterocycles. The lowest BCUT2D eigenvalue weighted by atomic mass is 9.73. The molecule has 1 aliphatic carbocycles. The Labute approximate surface area is 163 Å². The molecule has 0 unspecified atom stereocenters. The van der Waals surface area contributed by atoms with Crippen LogP contribution in [0.25, 0.3) is 0 Å². The van der Waals surface area contributed by atoms with E-state index in [1.165, 1.54) is 6.92 Å². The van der Waals surface area contributed by atoms with E-state index in [0.717, 1.165) is 24.2 Å². The van der Waals surface area contributed by atoms with Crippen LogP contribution in [0.1, 0.15) is 39.5 Å². The van der Waals surface area contributed by atoms with Crippen molar-refractivity contribution >= 4 is 29.5 Å². The van der Waals surface area contributed by atoms with Crippen molar-refractivity contribution in [2.75, 3.05) is 11.9 Å². The minimum absolute atomic E-state index is 0.00861. The van der Waals surface area contributed by atoms with Crippen molar-refractivity contribution in [1.29, 1.82) is 0 Å². The van der Waals surface area contributed by atoms with Crippen molar-refractivity contribution in [3.63, 3.8) is 0 Å². The maximum atomic E-state index is 12.9. The number of ether oxygens (including phenoxy) is 1. The highest BCUT2D eigenvalue weighted by molar-refractivity contribution is 6.09. The first-order chi connectivity index (χ1) is 13.3. The Balaban J connectivity index is 1.57. The Kier molecular flexibility index (Phi) is 5.67. The van der Waals surface area contributed by atoms with Crippen molar-refractivity contribution in [2.45, 2.75) is 51.2 Å². The molecule has 3 atom stereocenters. The van der Waals surface area contributed by atoms with Crippen LogP contribution in [0.2, 0.25) is 0 Å². The summed E-state index contributed by atoms with van der Waals surface area (Å²) in [6.45, 7) is 2.87. The summed E-state index contributed by atoms with van der Waals surface area (Å²) in [6, 6.07) is 8.20. The van der Waals surface area contributed by atoms with Gasteiger partial charge in [0.15, 0.2) is 6.10 Å². The largest absolute Gasteiger partial charge is 0.451 e. The molecule has 0 radical (unpaired) electrons. The van der Waals surface area contributed by atoms with Gasteiger partial charge >= 0.3 is 12.0 Å². The Morgan fingerprint density at radius 1 is 1.29 bits per heavy atom. The molecule has 1 spiro atoms. The van der Waals surface area contributed by atoms with E-state index in [-0.39, 0.29) is 11.8 Å². The lowest BCUT2D eigenvalue weighted by Gasteiger charge is -2.36. The van der Waals surface area contributed by atoms with Gasteiger partial charge in [-0.25, -0.2) is 4.79 Å². The van der Waals surface area contributed by atoms with Crippen LogP contribution in [0.4, 0.5) is 10.5 Å². The fraction of sp³-hybridized carbons (Fsp3) is 0.500. The molecule has 1 heterocycles. The summed E-state index contributed by atoms with van der Waals surface area (Å²) in [5.41, 5.74) is -0.343. The number of carbonyl (C=O) groups excluding carboxylic acids is 4. The van der Waals surface area contributed by atoms with Crippen LogP contribution in [-0.4, -0.2) is 46.9 Å². The first kappa shape index (κ1) is 19.9. The zero-order valence-corrected chi connectivity index (χ0v) is 16.1. The summed E-state index contributed by atoms with van der Waals surface area (Å²) < 4.78 is 5.12. The molecule has 150 valence electrons. The first-order valence-electron chi connectivity index (χ1n) is 9.53. The maximum absolute atomic E-state index is 12.9. The number of benzene rings is 1. The second-order valence-corrected chi connectivity index (χ2v) is 7.43. The smallest absolute Gasteiger partial charge is 0.327 e. The number of carbonyl (C=O) groups is 4. The van der Waals surface area contributed by atoms with Gasteiger partial charge in [-0.2, -0.15) is 0 Å². The van der Waals surface area contributed by atoms with E-state index in [4.69, 9.17) is 4.74 Å². The summed E-state index contributed by atoms with van der Waals surface area (Å²) >= 11 is 0. The van der Waals surface area contributed by atoms with Gasteiger partial charge in [-0.05, 0) is 37.8 Å². The van der Waals surface area contributed by atoms with E-state index in [1.54, 1.807) is 24.3 Å². The van der Waals surface area contributed by atoms with Crippen LogP contribution in [0.15, 0.2) is 30.3 Å². The molecular weight excluding hydrogens is 362 g/mol. The summed E-state index contributed by atoms with van der Waals surface area (Å²) in [6.07, 6.45) is 2.23. The van der Waals surface area contributed by atoms with E-state index in [0.29, 0.717) is 12.1 Å². The fourth-order valence-electron chi connectivity index (χ4n) is 3.82. The highest BCUT2D eigenvalue weighted by Crippen LogP contribution is 2.38. The summed E-state index contributed by atoms with van der Waals surface area (Å²) in [5.74, 6) is -1.67. The van der Waals surface area contributed by atoms with Crippen LogP contribution >= 0.6 is 0 Å². The van der Waals surface area contributed by atoms with Gasteiger partial charge < -0.3 is 15.4 Å². The van der Waals surface area contributed by atoms with Gasteiger partial charge in [-0.15, -0.1) is 0 Å². The lowest BCUT2D eigenvalue weighted by Crippen LogP contribution is -2.54. The van der Waals surface area contributed by atoms with Gasteiger partial charge in [0.2, 0.25) is 0 Å². The number of rotatable bonds is 5. The van der Waals surface area contributed by atoms with Crippen LogP contribution in [-0.2, 0) is 19.1 Å². The summed E-state index contributed by atoms with van der Waals surface area (Å²) in [7, 11) is 0. The van der Waals surface area contributed by atoms with Crippen LogP contribution in [0.3, 0.4) is 0 Å². The van der Waals surface area contributed by atoms with Gasteiger partial charge in [0.1, 0.15) is 12.1 Å². The normalized spacial score (nSPS) is 25.4. The van der Waals surface area contributed by atoms with E-state index >= 15 is 0 Å². The topological polar surface area (TPSA) is 105 Å². The van der Waals surface area contributed by atoms with E-state index in [2.05, 4.69) is 10.6 Å². The second kappa shape index (κ2) is 8.00. The van der Waals surface area contributed by atoms with Crippen LogP contribution < -0.4 is 10.6 Å². The van der Waals surface area contributed by atoms with Crippen LogP contribution in [0.5, 0.6) is 0 Å². The van der Waals surface area contributed by atoms with E-state index in [9.17, 15) is 19.2 Å². The monoisotopic (exact) mass is 387 g/mol. The zero-order valence-electron chi connectivity index (χ0n) is 16.1. The number of anilines is 1. The Bertz CT molecular complexity index is 781. The zero-order chi connectivity index (χ0) is 20.3. The lowest BCUT2D eigenvalue weighted by molar-refractivity contribution is -0.155. The highest BCUT2D eigenvalue weighted by Gasteiger charge is 2.55. The molecule has 8 nitrogen and oxygen atoms in total. The third kappa shape index (κ3) is 3.85. The van der Waals surface area contributed by atoms with Gasteiger partial charge in [0, 0.05) is 5.69 Å². The average Bonchev–Trinajstić information content (AvgIpc) is 2.90. The molecule has 2 N–H and O–H groups in total. The van der Waals surface area contributed by atoms with Crippen molar-refractivity contribution < 1.29 is 23.9 Å². The summed E-state index contributed by atoms with van der Waals surface area (Å²) in [5, 5.41) is 5.42. The average molecular weight is 387 g/mol. The van der Waals surface area contributed by atoms with E-state index < -0.39 is 36.1 Å². The van der Waals surface area contributed by atoms with Gasteiger partial charge in [-0.1, -0.05) is 38.0 Å². The highest BCUT2D eigenvalue weighted by atomic mass is 16.5. The van der Waals surface area contributed by atoms with Crippen molar-refractivity contribution in [2.24, 2.45) is 5.92 Å². The molecular formula is C20H25N3O5. The number of hydrogen-bond donors (Lipinski definition) is 2. The number of esters is 1. The van der Waals surface area contributed by atoms with Gasteiger partial charge in [0.25, 0.3) is 11.8 Å². The quantitative estimate of drug-likeness (QED) is 0.594. The third-order valence-electron chi connectivity index (χ3n) is 5.51. The summed E-state index contributed by atoms with van der Waals surface area (Å²) in [4.78, 5) is 50.4. The van der Waals surface area contributed by atoms with Crippen LogP contribution in [0, 0.1) is 5.92 Å². The predicted octanol–water partition coefficient (Wildman–Crippen LogP) is 2.06. The van der Waals surface area contributed by atoms with Gasteiger partial charge in [0.05, 0.1) is 0 Å². The molecule has 1 aromatic carbocycles. The third-order valence-corrected chi connectivity index (χ3v) is 5.51. The minimum Gasteiger partial charge on any atom is -0.451 e. The van der Waals surface area contributed by atoms with Gasteiger partial charge in [-0.3, -0.25) is 19.3 Å². The second-order valence-electron chi connectivity index (χ2n) is 7.43. The SMILES string of the molecule is C[C@H](OC(=O)CN1C(=O)N[C@@]2(CCCC[C@H]2C)C1=O)C(=O)Nc1ccccc1. The molecule has 0 bridgehead atoms. The Hall–Kier alpha value is -2.90. The number of urea groups is 1. The number of nitrogens with zero attached hydrogens (tertiary/aromatic N) is 1. The maximum Gasteiger partial charge on any atom is 0.327 e. The molecule has 8 heteroatoms. The molecule has 4 amide bonds. The van der Waals surface area contributed by atoms with Crippen molar-refractivity contribution in [3.8, 4) is 0 Å². The molecule has 1 aliphatic heterocycles. The molecule has 1 aromatic rings. The van der Waals surface area contributed by atoms with Crippen molar-refractivity contribution in [3.05, 3.63) is 30.3 Å². The molecule has 1 saturated carbocycles. The molecule has 3 rings (SSSR count). The van der Waals surface area contributed by atoms with E-state index in [1.807, 2.05) is 13.0 Å². The molecule has 2 fully saturated rings. The number of hydrogen-bond acceptors (Lipinski definition) is 5. The number of imide groups is 1. The number of para-hydroxylation sites is 1. The predicted molar refractivity (Wildman–Crippen MR) is 101 cm³/mol. The number of nitrogens with one attached hydrogen (secondary N) is 2. The number of amides is 4.